The van der Waals surface area contributed by atoms with E-state index in [4.69, 9.17) is 9.47 Å². The van der Waals surface area contributed by atoms with E-state index in [-0.39, 0.29) is 5.57 Å². The summed E-state index contributed by atoms with van der Waals surface area (Å²) in [5, 5.41) is 39.9. The molecule has 0 aromatic carbocycles. The SMILES string of the molecule is CCC(C)CCCCCCC/C=C/C(C=O)C(C)(/C=C/C=C(/C)C(=O)O[C@H]1O[C@H](CO)[C@@H](O)[C@H](O)[C@H]1O)C/C=C/C=C(C)/C=C/C=C(C)/C=C/C=C(\C)CCC=C(C)C. The number of rotatable bonds is 27. The van der Waals surface area contributed by atoms with Gasteiger partial charge in [-0.3, -0.25) is 0 Å². The third-order valence-electron chi connectivity index (χ3n) is 10.8. The maximum atomic E-state index is 12.9. The van der Waals surface area contributed by atoms with Gasteiger partial charge in [-0.1, -0.05) is 173 Å². The van der Waals surface area contributed by atoms with Crippen molar-refractivity contribution in [2.75, 3.05) is 6.61 Å². The van der Waals surface area contributed by atoms with Gasteiger partial charge < -0.3 is 34.7 Å². The molecule has 0 aromatic heterocycles. The number of aliphatic hydroxyl groups excluding tert-OH is 4. The zero-order chi connectivity index (χ0) is 44.2. The number of carbonyl (C=O) groups excluding carboxylic acids is 2. The van der Waals surface area contributed by atoms with Crippen molar-refractivity contribution in [3.8, 4) is 0 Å². The molecule has 1 aliphatic rings. The molecule has 1 heterocycles. The van der Waals surface area contributed by atoms with Gasteiger partial charge in [0.05, 0.1) is 6.61 Å². The van der Waals surface area contributed by atoms with Gasteiger partial charge in [0.1, 0.15) is 30.7 Å². The first kappa shape index (κ1) is 53.4. The van der Waals surface area contributed by atoms with Crippen LogP contribution in [0.4, 0.5) is 0 Å². The van der Waals surface area contributed by atoms with Gasteiger partial charge in [-0.25, -0.2) is 4.79 Å². The van der Waals surface area contributed by atoms with Gasteiger partial charge in [-0.15, -0.1) is 0 Å². The lowest BCUT2D eigenvalue weighted by atomic mass is 9.74. The standard InChI is InChI=1S/C51H78O8/c1-10-39(4)25-16-14-12-11-13-15-17-33-44(36-52)51(9,35-23-32-43(8)49(57)59-50-48(56)47(55)46(54)45(37-53)58-50)34-19-18-26-40(5)28-21-30-42(7)31-22-29-41(6)27-20-24-38(2)3/h17-19,21-24,26,28-33,35-36,39,44-48,50,53-56H,10-16,20,25,27,34,37H2,1-9H3/b19-18+,28-21+,31-22+,33-17+,35-23+,40-26+,41-29+,42-30+,43-32-/t39?,44?,45-,46-,47+,48-,50-,51?/m1/s1. The number of hydrogen-bond acceptors (Lipinski definition) is 8. The highest BCUT2D eigenvalue weighted by Crippen LogP contribution is 2.34. The third-order valence-corrected chi connectivity index (χ3v) is 10.8. The Bertz CT molecular complexity index is 1550. The van der Waals surface area contributed by atoms with Gasteiger partial charge in [0.25, 0.3) is 0 Å². The van der Waals surface area contributed by atoms with Crippen LogP contribution < -0.4 is 0 Å². The van der Waals surface area contributed by atoms with Crippen LogP contribution in [0, 0.1) is 17.3 Å². The Labute approximate surface area is 357 Å². The van der Waals surface area contributed by atoms with Gasteiger partial charge in [0.2, 0.25) is 6.29 Å². The molecule has 59 heavy (non-hydrogen) atoms. The average Bonchev–Trinajstić information content (AvgIpc) is 3.20. The van der Waals surface area contributed by atoms with Crippen molar-refractivity contribution in [2.45, 2.75) is 164 Å². The van der Waals surface area contributed by atoms with Crippen molar-refractivity contribution in [1.29, 1.82) is 0 Å². The summed E-state index contributed by atoms with van der Waals surface area (Å²) < 4.78 is 10.6. The highest BCUT2D eigenvalue weighted by atomic mass is 16.7. The van der Waals surface area contributed by atoms with E-state index in [9.17, 15) is 30.0 Å². The van der Waals surface area contributed by atoms with Gasteiger partial charge >= 0.3 is 5.97 Å². The molecule has 1 saturated heterocycles. The quantitative estimate of drug-likeness (QED) is 0.0161. The number of aliphatic hydroxyl groups is 4. The Morgan fingerprint density at radius 2 is 1.44 bits per heavy atom. The normalized spacial score (nSPS) is 23.4. The van der Waals surface area contributed by atoms with Crippen LogP contribution in [0.2, 0.25) is 0 Å². The summed E-state index contributed by atoms with van der Waals surface area (Å²) >= 11 is 0. The van der Waals surface area contributed by atoms with Crippen LogP contribution in [0.15, 0.2) is 119 Å². The second kappa shape index (κ2) is 30.4. The van der Waals surface area contributed by atoms with E-state index in [1.807, 2.05) is 50.3 Å². The molecule has 0 radical (unpaired) electrons. The first-order valence-corrected chi connectivity index (χ1v) is 21.7. The Morgan fingerprint density at radius 3 is 2.08 bits per heavy atom. The van der Waals surface area contributed by atoms with E-state index in [0.29, 0.717) is 6.42 Å². The summed E-state index contributed by atoms with van der Waals surface area (Å²) in [5.41, 5.74) is 4.49. The summed E-state index contributed by atoms with van der Waals surface area (Å²) in [7, 11) is 0. The fourth-order valence-corrected chi connectivity index (χ4v) is 6.35. The average molecular weight is 819 g/mol. The molecule has 0 aromatic rings. The van der Waals surface area contributed by atoms with Crippen LogP contribution in [0.25, 0.3) is 0 Å². The monoisotopic (exact) mass is 819 g/mol. The number of carbonyl (C=O) groups is 2. The van der Waals surface area contributed by atoms with Crippen molar-refractivity contribution in [3.05, 3.63) is 119 Å². The number of esters is 1. The maximum Gasteiger partial charge on any atom is 0.336 e. The molecule has 1 aliphatic heterocycles. The predicted molar refractivity (Wildman–Crippen MR) is 243 cm³/mol. The molecule has 1 fully saturated rings. The predicted octanol–water partition coefficient (Wildman–Crippen LogP) is 10.6. The summed E-state index contributed by atoms with van der Waals surface area (Å²) in [6, 6.07) is 0. The van der Waals surface area contributed by atoms with Gasteiger partial charge in [-0.2, -0.15) is 0 Å². The molecule has 8 nitrogen and oxygen atoms in total. The molecule has 0 amide bonds. The zero-order valence-electron chi connectivity index (χ0n) is 37.7. The molecule has 8 atom stereocenters. The Balaban J connectivity index is 3.07. The first-order chi connectivity index (χ1) is 28.1. The van der Waals surface area contributed by atoms with Crippen molar-refractivity contribution in [2.24, 2.45) is 17.3 Å². The molecular weight excluding hydrogens is 741 g/mol. The van der Waals surface area contributed by atoms with Gasteiger partial charge in [-0.05, 0) is 79.6 Å². The highest BCUT2D eigenvalue weighted by molar-refractivity contribution is 5.88. The van der Waals surface area contributed by atoms with Crippen molar-refractivity contribution in [3.63, 3.8) is 0 Å². The minimum Gasteiger partial charge on any atom is -0.429 e. The molecular formula is C51H78O8. The summed E-state index contributed by atoms with van der Waals surface area (Å²) in [5.74, 6) is -0.432. The minimum atomic E-state index is -1.69. The molecule has 0 spiro atoms. The molecule has 0 bridgehead atoms. The van der Waals surface area contributed by atoms with E-state index < -0.39 is 54.6 Å². The lowest BCUT2D eigenvalue weighted by Gasteiger charge is -2.39. The van der Waals surface area contributed by atoms with E-state index in [1.165, 1.54) is 56.6 Å². The van der Waals surface area contributed by atoms with Crippen LogP contribution in [0.3, 0.4) is 0 Å². The number of unbranched alkanes of at least 4 members (excludes halogenated alkanes) is 5. The van der Waals surface area contributed by atoms with Gasteiger partial charge in [0, 0.05) is 16.9 Å². The number of hydrogen-bond donors (Lipinski definition) is 4. The molecule has 3 unspecified atom stereocenters. The van der Waals surface area contributed by atoms with Crippen LogP contribution in [-0.4, -0.2) is 70.0 Å². The van der Waals surface area contributed by atoms with Crippen molar-refractivity contribution >= 4 is 12.3 Å². The molecule has 330 valence electrons. The van der Waals surface area contributed by atoms with Gasteiger partial charge in [0.15, 0.2) is 0 Å². The second-order valence-corrected chi connectivity index (χ2v) is 16.8. The number of ether oxygens (including phenoxy) is 2. The van der Waals surface area contributed by atoms with E-state index in [2.05, 4.69) is 84.1 Å². The largest absolute Gasteiger partial charge is 0.429 e. The van der Waals surface area contributed by atoms with Crippen molar-refractivity contribution in [1.82, 2.24) is 0 Å². The summed E-state index contributed by atoms with van der Waals surface area (Å²) in [6.07, 6.45) is 35.6. The Kier molecular flexibility index (Phi) is 27.5. The summed E-state index contributed by atoms with van der Waals surface area (Å²) in [4.78, 5) is 25.5. The Morgan fingerprint density at radius 1 is 0.797 bits per heavy atom. The topological polar surface area (TPSA) is 134 Å². The second-order valence-electron chi connectivity index (χ2n) is 16.8. The smallest absolute Gasteiger partial charge is 0.336 e. The summed E-state index contributed by atoms with van der Waals surface area (Å²) in [6.45, 7) is 18.0. The number of aldehydes is 1. The van der Waals surface area contributed by atoms with Crippen LogP contribution in [-0.2, 0) is 19.1 Å². The van der Waals surface area contributed by atoms with Crippen LogP contribution >= 0.6 is 0 Å². The fourth-order valence-electron chi connectivity index (χ4n) is 6.35. The molecule has 1 rings (SSSR count). The highest BCUT2D eigenvalue weighted by Gasteiger charge is 2.45. The van der Waals surface area contributed by atoms with Crippen LogP contribution in [0.1, 0.15) is 133 Å². The molecule has 4 N–H and O–H groups in total. The van der Waals surface area contributed by atoms with Crippen molar-refractivity contribution < 1.29 is 39.5 Å². The maximum absolute atomic E-state index is 12.9. The third kappa shape index (κ3) is 22.5. The molecule has 8 heteroatoms. The molecule has 0 saturated carbocycles. The lowest BCUT2D eigenvalue weighted by Crippen LogP contribution is -2.59. The van der Waals surface area contributed by atoms with Crippen LogP contribution in [0.5, 0.6) is 0 Å². The van der Waals surface area contributed by atoms with E-state index >= 15 is 0 Å². The van der Waals surface area contributed by atoms with E-state index in [1.54, 1.807) is 12.2 Å². The number of allylic oxidation sites excluding steroid dienone is 19. The van der Waals surface area contributed by atoms with E-state index in [0.717, 1.165) is 49.0 Å². The zero-order valence-corrected chi connectivity index (χ0v) is 37.7. The first-order valence-electron chi connectivity index (χ1n) is 21.7. The molecule has 0 aliphatic carbocycles. The fraction of sp³-hybridized carbons (Fsp3) is 0.569. The lowest BCUT2D eigenvalue weighted by molar-refractivity contribution is -0.291. The Hall–Kier alpha value is -3.66. The minimum absolute atomic E-state index is 0.185.